The molecule has 15 heteroatoms. The van der Waals surface area contributed by atoms with Crippen LogP contribution < -0.4 is 11.2 Å². The third-order valence-corrected chi connectivity index (χ3v) is 10.6. The zero-order valence-electron chi connectivity index (χ0n) is 21.0. The van der Waals surface area contributed by atoms with Gasteiger partial charge >= 0.3 is 11.8 Å². The average Bonchev–Trinajstić information content (AvgIpc) is 3.28. The first-order valence-electron chi connectivity index (χ1n) is 12.1. The summed E-state index contributed by atoms with van der Waals surface area (Å²) in [6.07, 6.45) is 4.05. The molecule has 1 amide bonds. The summed E-state index contributed by atoms with van der Waals surface area (Å²) < 4.78 is 36.5. The number of nitrogens with zero attached hydrogens (tertiary/aromatic N) is 6. The molecule has 0 unspecified atom stereocenters. The maximum absolute atomic E-state index is 13.7. The largest absolute Gasteiger partial charge is 0.464 e. The third kappa shape index (κ3) is 4.26. The van der Waals surface area contributed by atoms with Crippen LogP contribution in [0.4, 0.5) is 4.79 Å². The second-order valence-corrected chi connectivity index (χ2v) is 13.1. The van der Waals surface area contributed by atoms with Crippen LogP contribution in [0, 0.1) is 0 Å². The van der Waals surface area contributed by atoms with Crippen molar-refractivity contribution in [2.45, 2.75) is 55.8 Å². The number of aryl methyl sites for hydroxylation is 1. The number of fused-ring (bicyclic) bond motifs is 2. The van der Waals surface area contributed by atoms with Crippen molar-refractivity contribution in [2.75, 3.05) is 0 Å². The van der Waals surface area contributed by atoms with Crippen molar-refractivity contribution in [2.24, 2.45) is 7.05 Å². The van der Waals surface area contributed by atoms with E-state index in [1.165, 1.54) is 16.8 Å². The van der Waals surface area contributed by atoms with Gasteiger partial charge in [0.05, 0.1) is 49.1 Å². The molecule has 13 nitrogen and oxygen atoms in total. The van der Waals surface area contributed by atoms with Crippen molar-refractivity contribution >= 4 is 37.7 Å². The van der Waals surface area contributed by atoms with Crippen molar-refractivity contribution in [1.82, 2.24) is 28.2 Å². The molecule has 0 spiro atoms. The number of carboxylic acid groups (broad SMARTS) is 1. The highest BCUT2D eigenvalue weighted by molar-refractivity contribution is 7.92. The molecule has 39 heavy (non-hydrogen) atoms. The maximum atomic E-state index is 13.7. The predicted molar refractivity (Wildman–Crippen MR) is 139 cm³/mol. The van der Waals surface area contributed by atoms with E-state index in [0.29, 0.717) is 52.8 Å². The highest BCUT2D eigenvalue weighted by Gasteiger charge is 2.53. The lowest BCUT2D eigenvalue weighted by Crippen LogP contribution is -2.43. The molecular formula is C24H24N6O7S2. The molecule has 2 aliphatic rings. The van der Waals surface area contributed by atoms with E-state index in [-0.39, 0.29) is 27.5 Å². The van der Waals surface area contributed by atoms with Crippen LogP contribution >= 0.6 is 11.3 Å². The number of carbonyl (C=O) groups is 1. The predicted octanol–water partition coefficient (Wildman–Crippen LogP) is 1.70. The Bertz CT molecular complexity index is 1880. The van der Waals surface area contributed by atoms with Crippen LogP contribution in [0.2, 0.25) is 0 Å². The molecule has 4 aromatic rings. The molecule has 1 N–H and O–H groups in total. The molecule has 204 valence electrons. The molecule has 1 aliphatic carbocycles. The van der Waals surface area contributed by atoms with E-state index in [9.17, 15) is 27.9 Å². The summed E-state index contributed by atoms with van der Waals surface area (Å²) in [7, 11) is -2.80. The first-order valence-corrected chi connectivity index (χ1v) is 14.3. The molecule has 4 aromatic heterocycles. The second-order valence-electron chi connectivity index (χ2n) is 10.1. The minimum atomic E-state index is -4.51. The number of hydrogen-bond acceptors (Lipinski definition) is 9. The van der Waals surface area contributed by atoms with E-state index in [2.05, 4.69) is 10.1 Å². The fourth-order valence-electron chi connectivity index (χ4n) is 4.79. The molecule has 5 heterocycles. The number of thiophene rings is 1. The van der Waals surface area contributed by atoms with Crippen molar-refractivity contribution in [3.05, 3.63) is 73.9 Å². The third-order valence-electron chi connectivity index (χ3n) is 7.06. The minimum absolute atomic E-state index is 0.00538. The zero-order valence-corrected chi connectivity index (χ0v) is 22.7. The van der Waals surface area contributed by atoms with E-state index >= 15 is 0 Å². The Kier molecular flexibility index (Phi) is 5.78. The van der Waals surface area contributed by atoms with E-state index in [0.717, 1.165) is 15.8 Å². The van der Waals surface area contributed by atoms with Gasteiger partial charge in [0.15, 0.2) is 0 Å². The van der Waals surface area contributed by atoms with Crippen molar-refractivity contribution in [1.29, 1.82) is 0 Å². The fraction of sp³-hybridized carbons (Fsp3) is 0.375. The monoisotopic (exact) mass is 572 g/mol. The molecule has 0 bridgehead atoms. The standard InChI is InChI=1S/C24H24N6O7S2/c1-24(3-4-24)30(23(33)34)39(35,36)19-6-17-20(31)28(11-15-8-26-27(2)9-15)22(32)29(21(17)38-19)10-14-5-16-12-37-13-18(16)25-7-14/h5-9H,3-4,10-13H2,1-2H3,(H,33,34). The Morgan fingerprint density at radius 2 is 1.90 bits per heavy atom. The second kappa shape index (κ2) is 8.86. The van der Waals surface area contributed by atoms with Crippen molar-refractivity contribution in [3.63, 3.8) is 0 Å². The number of pyridine rings is 1. The summed E-state index contributed by atoms with van der Waals surface area (Å²) in [6, 6.07) is 3.04. The van der Waals surface area contributed by atoms with Gasteiger partial charge in [-0.25, -0.2) is 9.59 Å². The normalized spacial score (nSPS) is 15.9. The van der Waals surface area contributed by atoms with Gasteiger partial charge in [0.25, 0.3) is 15.6 Å². The average molecular weight is 573 g/mol. The summed E-state index contributed by atoms with van der Waals surface area (Å²) in [5, 5.41) is 13.9. The van der Waals surface area contributed by atoms with Gasteiger partial charge in [-0.05, 0) is 37.5 Å². The van der Waals surface area contributed by atoms with Gasteiger partial charge in [-0.3, -0.25) is 23.6 Å². The van der Waals surface area contributed by atoms with E-state index in [1.807, 2.05) is 6.07 Å². The topological polar surface area (TPSA) is 159 Å². The van der Waals surface area contributed by atoms with Gasteiger partial charge in [0, 0.05) is 30.6 Å². The van der Waals surface area contributed by atoms with E-state index < -0.39 is 32.9 Å². The number of sulfonamides is 1. The lowest BCUT2D eigenvalue weighted by atomic mass is 10.1. The Morgan fingerprint density at radius 3 is 2.56 bits per heavy atom. The van der Waals surface area contributed by atoms with Crippen LogP contribution in [0.1, 0.15) is 42.1 Å². The lowest BCUT2D eigenvalue weighted by molar-refractivity contribution is 0.133. The summed E-state index contributed by atoms with van der Waals surface area (Å²) >= 11 is 0.708. The molecule has 0 aromatic carbocycles. The molecule has 6 rings (SSSR count). The Morgan fingerprint density at radius 1 is 1.15 bits per heavy atom. The van der Waals surface area contributed by atoms with Crippen molar-refractivity contribution in [3.8, 4) is 0 Å². The number of ether oxygens (including phenoxy) is 1. The van der Waals surface area contributed by atoms with Crippen LogP contribution in [0.25, 0.3) is 10.2 Å². The molecule has 0 saturated heterocycles. The van der Waals surface area contributed by atoms with Crippen LogP contribution in [-0.4, -0.2) is 53.4 Å². The minimum Gasteiger partial charge on any atom is -0.464 e. The van der Waals surface area contributed by atoms with Crippen LogP contribution in [0.5, 0.6) is 0 Å². The van der Waals surface area contributed by atoms with Crippen LogP contribution in [0.3, 0.4) is 0 Å². The Labute approximate surface area is 225 Å². The Hall–Kier alpha value is -3.82. The number of rotatable bonds is 7. The Balaban J connectivity index is 1.54. The van der Waals surface area contributed by atoms with Gasteiger partial charge in [0.1, 0.15) is 9.04 Å². The SMILES string of the molecule is Cn1cc(Cn2c(=O)c3cc(S(=O)(=O)N(C(=O)O)C4(C)CC4)sc3n(Cc3cnc4c(c3)COC4)c2=O)cn1. The zero-order chi connectivity index (χ0) is 27.7. The van der Waals surface area contributed by atoms with Gasteiger partial charge < -0.3 is 9.84 Å². The molecule has 1 aliphatic heterocycles. The van der Waals surface area contributed by atoms with Gasteiger partial charge in [-0.15, -0.1) is 11.3 Å². The quantitative estimate of drug-likeness (QED) is 0.348. The summed E-state index contributed by atoms with van der Waals surface area (Å²) in [6.45, 7) is 2.30. The van der Waals surface area contributed by atoms with E-state index in [4.69, 9.17) is 4.74 Å². The molecular weight excluding hydrogens is 548 g/mol. The lowest BCUT2D eigenvalue weighted by Gasteiger charge is -2.24. The molecule has 0 radical (unpaired) electrons. The van der Waals surface area contributed by atoms with Gasteiger partial charge in [-0.1, -0.05) is 0 Å². The number of aromatic nitrogens is 5. The molecule has 1 saturated carbocycles. The highest BCUT2D eigenvalue weighted by Crippen LogP contribution is 2.45. The maximum Gasteiger partial charge on any atom is 0.421 e. The van der Waals surface area contributed by atoms with Crippen molar-refractivity contribution < 1.29 is 23.1 Å². The van der Waals surface area contributed by atoms with Crippen LogP contribution in [-0.2, 0) is 48.1 Å². The summed E-state index contributed by atoms with van der Waals surface area (Å²) in [5.74, 6) is 0. The molecule has 1 fully saturated rings. The smallest absolute Gasteiger partial charge is 0.421 e. The first kappa shape index (κ1) is 25.5. The van der Waals surface area contributed by atoms with Gasteiger partial charge in [0.2, 0.25) is 0 Å². The summed E-state index contributed by atoms with van der Waals surface area (Å²) in [4.78, 5) is 43.8. The first-order chi connectivity index (χ1) is 18.5. The van der Waals surface area contributed by atoms with Crippen LogP contribution in [0.15, 0.2) is 44.5 Å². The van der Waals surface area contributed by atoms with E-state index in [1.54, 1.807) is 31.0 Å². The van der Waals surface area contributed by atoms with Gasteiger partial charge in [-0.2, -0.15) is 17.8 Å². The fourth-order valence-corrected chi connectivity index (χ4v) is 7.96. The molecule has 0 atom stereocenters. The number of amides is 1. The highest BCUT2D eigenvalue weighted by atomic mass is 32.2. The number of hydrogen-bond donors (Lipinski definition) is 1. The summed E-state index contributed by atoms with van der Waals surface area (Å²) in [5.41, 5.74) is 0.634.